The van der Waals surface area contributed by atoms with E-state index in [1.165, 1.54) is 0 Å². The van der Waals surface area contributed by atoms with Gasteiger partial charge < -0.3 is 5.11 Å². The molecule has 0 aliphatic rings. The van der Waals surface area contributed by atoms with Crippen molar-refractivity contribution < 1.29 is 9.90 Å². The van der Waals surface area contributed by atoms with Crippen LogP contribution in [0.5, 0.6) is 0 Å². The second kappa shape index (κ2) is 8.96. The summed E-state index contributed by atoms with van der Waals surface area (Å²) in [5, 5.41) is 18.7. The monoisotopic (exact) mass is 436 g/mol. The highest BCUT2D eigenvalue weighted by atomic mass is 16.4. The Morgan fingerprint density at radius 1 is 0.909 bits per heavy atom. The zero-order valence-corrected chi connectivity index (χ0v) is 17.6. The molecule has 8 heteroatoms. The van der Waals surface area contributed by atoms with E-state index in [1.807, 2.05) is 48.5 Å². The molecule has 5 rings (SSSR count). The fourth-order valence-electron chi connectivity index (χ4n) is 3.82. The van der Waals surface area contributed by atoms with Crippen LogP contribution in [-0.4, -0.2) is 40.6 Å². The molecule has 0 radical (unpaired) electrons. The molecule has 4 heterocycles. The van der Waals surface area contributed by atoms with Gasteiger partial charge in [-0.1, -0.05) is 36.4 Å². The van der Waals surface area contributed by atoms with Crippen LogP contribution in [0.2, 0.25) is 0 Å². The van der Waals surface area contributed by atoms with Crippen molar-refractivity contribution in [2.75, 3.05) is 0 Å². The van der Waals surface area contributed by atoms with Crippen molar-refractivity contribution in [2.45, 2.75) is 18.8 Å². The number of hydrogen-bond acceptors (Lipinski definition) is 6. The summed E-state index contributed by atoms with van der Waals surface area (Å²) in [6.07, 6.45) is 9.34. The maximum absolute atomic E-state index is 12.2. The first-order chi connectivity index (χ1) is 16.2. The number of nitrogens with zero attached hydrogens (tertiary/aromatic N) is 6. The molecule has 0 bridgehead atoms. The second-order valence-corrected chi connectivity index (χ2v) is 7.68. The van der Waals surface area contributed by atoms with E-state index in [0.29, 0.717) is 29.3 Å². The van der Waals surface area contributed by atoms with Crippen molar-refractivity contribution in [1.29, 1.82) is 0 Å². The van der Waals surface area contributed by atoms with Gasteiger partial charge in [0.25, 0.3) is 0 Å². The van der Waals surface area contributed by atoms with Crippen LogP contribution in [-0.2, 0) is 17.6 Å². The van der Waals surface area contributed by atoms with Crippen LogP contribution < -0.4 is 0 Å². The van der Waals surface area contributed by atoms with Gasteiger partial charge in [-0.3, -0.25) is 19.2 Å². The molecule has 1 aromatic carbocycles. The third-order valence-electron chi connectivity index (χ3n) is 5.43. The molecule has 4 aromatic heterocycles. The van der Waals surface area contributed by atoms with E-state index in [9.17, 15) is 9.90 Å². The number of hydrogen-bond donors (Lipinski definition) is 1. The molecule has 8 nitrogen and oxygen atoms in total. The van der Waals surface area contributed by atoms with E-state index >= 15 is 0 Å². The van der Waals surface area contributed by atoms with Crippen molar-refractivity contribution >= 4 is 11.6 Å². The van der Waals surface area contributed by atoms with Crippen LogP contribution >= 0.6 is 0 Å². The summed E-state index contributed by atoms with van der Waals surface area (Å²) in [5.41, 5.74) is 4.64. The SMILES string of the molecule is O=C(O)C(Cc1cccnc1)c1nnc2c(Cc3ccccc3)nc(-c3cccnc3)cn12. The van der Waals surface area contributed by atoms with Gasteiger partial charge >= 0.3 is 5.97 Å². The summed E-state index contributed by atoms with van der Waals surface area (Å²) in [5.74, 6) is -1.52. The molecule has 1 atom stereocenters. The van der Waals surface area contributed by atoms with Gasteiger partial charge in [0.15, 0.2) is 11.5 Å². The molecule has 33 heavy (non-hydrogen) atoms. The Morgan fingerprint density at radius 2 is 1.67 bits per heavy atom. The standard InChI is InChI=1S/C25H20N6O2/c32-25(33)20(12-18-8-4-10-26-14-18)23-29-30-24-21(13-17-6-2-1-3-7-17)28-22(16-31(23)24)19-9-5-11-27-15-19/h1-11,14-16,20H,12-13H2,(H,32,33). The summed E-state index contributed by atoms with van der Waals surface area (Å²) in [6, 6.07) is 17.4. The fourth-order valence-corrected chi connectivity index (χ4v) is 3.82. The molecule has 0 aliphatic carbocycles. The Balaban J connectivity index is 1.65. The number of carboxylic acid groups (broad SMARTS) is 1. The third kappa shape index (κ3) is 4.31. The molecule has 0 spiro atoms. The van der Waals surface area contributed by atoms with Gasteiger partial charge in [0.05, 0.1) is 11.4 Å². The Hall–Kier alpha value is -4.46. The van der Waals surface area contributed by atoms with E-state index in [0.717, 1.165) is 16.7 Å². The number of benzene rings is 1. The predicted octanol–water partition coefficient (Wildman–Crippen LogP) is 3.58. The number of rotatable bonds is 7. The van der Waals surface area contributed by atoms with Crippen molar-refractivity contribution in [3.05, 3.63) is 108 Å². The highest BCUT2D eigenvalue weighted by Gasteiger charge is 2.27. The summed E-state index contributed by atoms with van der Waals surface area (Å²) < 4.78 is 1.75. The van der Waals surface area contributed by atoms with E-state index in [2.05, 4.69) is 20.2 Å². The summed E-state index contributed by atoms with van der Waals surface area (Å²) >= 11 is 0. The maximum atomic E-state index is 12.2. The summed E-state index contributed by atoms with van der Waals surface area (Å²) in [6.45, 7) is 0. The molecule has 1 unspecified atom stereocenters. The van der Waals surface area contributed by atoms with E-state index in [4.69, 9.17) is 4.98 Å². The predicted molar refractivity (Wildman–Crippen MR) is 122 cm³/mol. The number of carboxylic acids is 1. The maximum Gasteiger partial charge on any atom is 0.314 e. The van der Waals surface area contributed by atoms with Crippen LogP contribution in [0.25, 0.3) is 16.9 Å². The molecular weight excluding hydrogens is 416 g/mol. The van der Waals surface area contributed by atoms with Crippen molar-refractivity contribution in [1.82, 2.24) is 29.5 Å². The summed E-state index contributed by atoms with van der Waals surface area (Å²) in [7, 11) is 0. The van der Waals surface area contributed by atoms with Crippen molar-refractivity contribution in [3.63, 3.8) is 0 Å². The normalized spacial score (nSPS) is 12.0. The Kier molecular flexibility index (Phi) is 5.55. The first kappa shape index (κ1) is 20.4. The van der Waals surface area contributed by atoms with Gasteiger partial charge in [-0.25, -0.2) is 4.98 Å². The van der Waals surface area contributed by atoms with Crippen LogP contribution in [0, 0.1) is 0 Å². The molecule has 0 saturated heterocycles. The van der Waals surface area contributed by atoms with Crippen LogP contribution in [0.15, 0.2) is 85.6 Å². The van der Waals surface area contributed by atoms with Crippen LogP contribution in [0.1, 0.15) is 28.6 Å². The minimum Gasteiger partial charge on any atom is -0.481 e. The Morgan fingerprint density at radius 3 is 2.36 bits per heavy atom. The Labute approximate surface area is 189 Å². The van der Waals surface area contributed by atoms with E-state index in [1.54, 1.807) is 41.5 Å². The topological polar surface area (TPSA) is 106 Å². The smallest absolute Gasteiger partial charge is 0.314 e. The Bertz CT molecular complexity index is 1390. The molecule has 0 amide bonds. The van der Waals surface area contributed by atoms with Gasteiger partial charge in [-0.2, -0.15) is 0 Å². The quantitative estimate of drug-likeness (QED) is 0.416. The molecule has 0 fully saturated rings. The highest BCUT2D eigenvalue weighted by Crippen LogP contribution is 2.25. The molecule has 1 N–H and O–H groups in total. The van der Waals surface area contributed by atoms with E-state index < -0.39 is 11.9 Å². The molecule has 0 aliphatic heterocycles. The largest absolute Gasteiger partial charge is 0.481 e. The number of fused-ring (bicyclic) bond motifs is 1. The van der Waals surface area contributed by atoms with E-state index in [-0.39, 0.29) is 6.42 Å². The fraction of sp³-hybridized carbons (Fsp3) is 0.120. The zero-order chi connectivity index (χ0) is 22.6. The average molecular weight is 436 g/mol. The second-order valence-electron chi connectivity index (χ2n) is 7.68. The van der Waals surface area contributed by atoms with Gasteiger partial charge in [0.2, 0.25) is 0 Å². The average Bonchev–Trinajstić information content (AvgIpc) is 3.28. The lowest BCUT2D eigenvalue weighted by Crippen LogP contribution is -2.18. The minimum absolute atomic E-state index is 0.253. The van der Waals surface area contributed by atoms with Crippen LogP contribution in [0.4, 0.5) is 0 Å². The van der Waals surface area contributed by atoms with Gasteiger partial charge in [-0.05, 0) is 35.7 Å². The third-order valence-corrected chi connectivity index (χ3v) is 5.43. The number of pyridine rings is 2. The first-order valence-electron chi connectivity index (χ1n) is 10.5. The molecule has 162 valence electrons. The number of aromatic nitrogens is 6. The highest BCUT2D eigenvalue weighted by molar-refractivity contribution is 5.76. The van der Waals surface area contributed by atoms with Crippen LogP contribution in [0.3, 0.4) is 0 Å². The van der Waals surface area contributed by atoms with Gasteiger partial charge in [0, 0.05) is 43.0 Å². The lowest BCUT2D eigenvalue weighted by molar-refractivity contribution is -0.139. The molecular formula is C25H20N6O2. The van der Waals surface area contributed by atoms with Gasteiger partial charge in [-0.15, -0.1) is 10.2 Å². The lowest BCUT2D eigenvalue weighted by Gasteiger charge is -2.13. The molecule has 0 saturated carbocycles. The number of carbonyl (C=O) groups is 1. The van der Waals surface area contributed by atoms with Crippen molar-refractivity contribution in [2.24, 2.45) is 0 Å². The van der Waals surface area contributed by atoms with Crippen molar-refractivity contribution in [3.8, 4) is 11.3 Å². The summed E-state index contributed by atoms with van der Waals surface area (Å²) in [4.78, 5) is 25.4. The molecule has 5 aromatic rings. The zero-order valence-electron chi connectivity index (χ0n) is 17.6. The lowest BCUT2D eigenvalue weighted by atomic mass is 10.00. The first-order valence-corrected chi connectivity index (χ1v) is 10.5. The number of aliphatic carboxylic acids is 1. The van der Waals surface area contributed by atoms with Gasteiger partial charge in [0.1, 0.15) is 5.92 Å². The minimum atomic E-state index is -0.975.